The van der Waals surface area contributed by atoms with Crippen molar-refractivity contribution in [2.45, 2.75) is 20.1 Å². The molecule has 0 saturated carbocycles. The van der Waals surface area contributed by atoms with Crippen LogP contribution < -0.4 is 14.8 Å². The van der Waals surface area contributed by atoms with E-state index >= 15 is 0 Å². The second-order valence-electron chi connectivity index (χ2n) is 5.82. The summed E-state index contributed by atoms with van der Waals surface area (Å²) < 4.78 is 34.7. The Hall–Kier alpha value is -2.38. The predicted molar refractivity (Wildman–Crippen MR) is 101 cm³/mol. The Bertz CT molecular complexity index is 757. The van der Waals surface area contributed by atoms with Gasteiger partial charge in [0.25, 0.3) is 0 Å². The average molecular weight is 399 g/mol. The highest BCUT2D eigenvalue weighted by atomic mass is 35.5. The first-order valence-electron chi connectivity index (χ1n) is 8.32. The van der Waals surface area contributed by atoms with Crippen molar-refractivity contribution >= 4 is 23.2 Å². The van der Waals surface area contributed by atoms with Gasteiger partial charge < -0.3 is 14.8 Å². The number of rotatable bonds is 9. The Balaban J connectivity index is 1.95. The van der Waals surface area contributed by atoms with Gasteiger partial charge in [-0.15, -0.1) is 0 Å². The van der Waals surface area contributed by atoms with Gasteiger partial charge in [-0.25, -0.2) is 0 Å². The molecule has 0 aliphatic rings. The molecule has 0 aromatic heterocycles. The van der Waals surface area contributed by atoms with Crippen molar-refractivity contribution in [3.63, 3.8) is 0 Å². The number of hydrogen-bond donors (Lipinski definition) is 1. The van der Waals surface area contributed by atoms with Gasteiger partial charge in [-0.1, -0.05) is 17.7 Å². The molecule has 0 aliphatic carbocycles. The average Bonchev–Trinajstić information content (AvgIpc) is 2.59. The molecule has 27 heavy (non-hydrogen) atoms. The highest BCUT2D eigenvalue weighted by Gasteiger charge is 2.13. The monoisotopic (exact) mass is 398 g/mol. The van der Waals surface area contributed by atoms with Crippen molar-refractivity contribution in [1.82, 2.24) is 4.90 Å². The maximum absolute atomic E-state index is 12.5. The van der Waals surface area contributed by atoms with E-state index in [4.69, 9.17) is 16.3 Å². The van der Waals surface area contributed by atoms with Crippen LogP contribution in [-0.4, -0.2) is 37.6 Å². The zero-order valence-corrected chi connectivity index (χ0v) is 15.8. The van der Waals surface area contributed by atoms with E-state index in [-0.39, 0.29) is 24.0 Å². The van der Waals surface area contributed by atoms with Gasteiger partial charge in [-0.3, -0.25) is 9.69 Å². The van der Waals surface area contributed by atoms with E-state index in [1.807, 2.05) is 0 Å². The quantitative estimate of drug-likeness (QED) is 0.679. The molecule has 146 valence electrons. The summed E-state index contributed by atoms with van der Waals surface area (Å²) in [5.74, 6) is 0.0514. The van der Waals surface area contributed by atoms with Gasteiger partial charge in [-0.05, 0) is 55.9 Å². The van der Waals surface area contributed by atoms with E-state index in [0.717, 1.165) is 5.56 Å². The number of likely N-dealkylation sites (N-methyl/N-ethyl adjacent to an activating group) is 1. The van der Waals surface area contributed by atoms with E-state index in [1.54, 1.807) is 55.3 Å². The van der Waals surface area contributed by atoms with Crippen LogP contribution in [0.5, 0.6) is 11.5 Å². The van der Waals surface area contributed by atoms with Crippen molar-refractivity contribution in [1.29, 1.82) is 0 Å². The first kappa shape index (κ1) is 20.9. The lowest BCUT2D eigenvalue weighted by Crippen LogP contribution is -2.29. The summed E-state index contributed by atoms with van der Waals surface area (Å²) in [5.41, 5.74) is 1.46. The number of anilines is 1. The molecule has 0 atom stereocenters. The van der Waals surface area contributed by atoms with Gasteiger partial charge in [-0.2, -0.15) is 8.78 Å². The van der Waals surface area contributed by atoms with Crippen LogP contribution in [0.15, 0.2) is 42.5 Å². The van der Waals surface area contributed by atoms with Crippen LogP contribution >= 0.6 is 11.6 Å². The largest absolute Gasteiger partial charge is 0.490 e. The van der Waals surface area contributed by atoms with Gasteiger partial charge in [0, 0.05) is 17.3 Å². The molecule has 0 saturated heterocycles. The molecule has 1 N–H and O–H groups in total. The van der Waals surface area contributed by atoms with Crippen LogP contribution in [0, 0.1) is 0 Å². The maximum Gasteiger partial charge on any atom is 0.387 e. The van der Waals surface area contributed by atoms with Crippen LogP contribution in [0.3, 0.4) is 0 Å². The standard InChI is InChI=1S/C19H21ClF2N2O3/c1-3-26-17-10-13(4-9-16(17)27-19(21)22)11-24(2)12-18(25)23-15-7-5-14(20)6-8-15/h4-10,19H,3,11-12H2,1-2H3,(H,23,25). The van der Waals surface area contributed by atoms with E-state index in [1.165, 1.54) is 6.07 Å². The number of nitrogens with one attached hydrogen (secondary N) is 1. The second-order valence-corrected chi connectivity index (χ2v) is 6.26. The predicted octanol–water partition coefficient (Wildman–Crippen LogP) is 4.41. The molecular formula is C19H21ClF2N2O3. The van der Waals surface area contributed by atoms with E-state index < -0.39 is 6.61 Å². The summed E-state index contributed by atoms with van der Waals surface area (Å²) in [5, 5.41) is 3.37. The van der Waals surface area contributed by atoms with Crippen LogP contribution in [0.1, 0.15) is 12.5 Å². The number of halogens is 3. The molecule has 0 unspecified atom stereocenters. The summed E-state index contributed by atoms with van der Waals surface area (Å²) in [6.45, 7) is -0.256. The smallest absolute Gasteiger partial charge is 0.387 e. The Kier molecular flexibility index (Phi) is 7.82. The Labute approximate surface area is 161 Å². The molecule has 0 spiro atoms. The van der Waals surface area contributed by atoms with Crippen molar-refractivity contribution in [2.75, 3.05) is 25.5 Å². The molecule has 8 heteroatoms. The van der Waals surface area contributed by atoms with Crippen molar-refractivity contribution in [3.8, 4) is 11.5 Å². The number of carbonyl (C=O) groups is 1. The minimum absolute atomic E-state index is 0.0151. The number of amides is 1. The van der Waals surface area contributed by atoms with E-state index in [2.05, 4.69) is 10.1 Å². The Morgan fingerprint density at radius 3 is 2.52 bits per heavy atom. The van der Waals surface area contributed by atoms with Gasteiger partial charge >= 0.3 is 6.61 Å². The summed E-state index contributed by atoms with van der Waals surface area (Å²) in [6, 6.07) is 11.6. The summed E-state index contributed by atoms with van der Waals surface area (Å²) in [4.78, 5) is 13.9. The molecule has 1 amide bonds. The normalized spacial score (nSPS) is 10.9. The van der Waals surface area contributed by atoms with Crippen LogP contribution in [-0.2, 0) is 11.3 Å². The van der Waals surface area contributed by atoms with Crippen LogP contribution in [0.25, 0.3) is 0 Å². The molecule has 5 nitrogen and oxygen atoms in total. The highest BCUT2D eigenvalue weighted by molar-refractivity contribution is 6.30. The molecule has 2 aromatic rings. The minimum atomic E-state index is -2.92. The van der Waals surface area contributed by atoms with E-state index in [9.17, 15) is 13.6 Å². The molecule has 0 fully saturated rings. The van der Waals surface area contributed by atoms with Gasteiger partial charge in [0.05, 0.1) is 13.2 Å². The maximum atomic E-state index is 12.5. The van der Waals surface area contributed by atoms with Crippen LogP contribution in [0.4, 0.5) is 14.5 Å². The molecule has 2 rings (SSSR count). The van der Waals surface area contributed by atoms with Crippen LogP contribution in [0.2, 0.25) is 5.02 Å². The summed E-state index contributed by atoms with van der Waals surface area (Å²) in [6.07, 6.45) is 0. The number of carbonyl (C=O) groups excluding carboxylic acids is 1. The fraction of sp³-hybridized carbons (Fsp3) is 0.316. The molecule has 0 aliphatic heterocycles. The number of benzene rings is 2. The first-order chi connectivity index (χ1) is 12.9. The Morgan fingerprint density at radius 1 is 1.19 bits per heavy atom. The SMILES string of the molecule is CCOc1cc(CN(C)CC(=O)Nc2ccc(Cl)cc2)ccc1OC(F)F. The third kappa shape index (κ3) is 7.03. The molecule has 2 aromatic carbocycles. The third-order valence-electron chi connectivity index (χ3n) is 3.52. The van der Waals surface area contributed by atoms with Gasteiger partial charge in [0.15, 0.2) is 11.5 Å². The molecule has 0 bridgehead atoms. The second kappa shape index (κ2) is 10.1. The molecule has 0 radical (unpaired) electrons. The topological polar surface area (TPSA) is 50.8 Å². The lowest BCUT2D eigenvalue weighted by atomic mass is 10.2. The van der Waals surface area contributed by atoms with E-state index in [0.29, 0.717) is 23.9 Å². The number of ether oxygens (including phenoxy) is 2. The minimum Gasteiger partial charge on any atom is -0.490 e. The zero-order chi connectivity index (χ0) is 19.8. The molecular weight excluding hydrogens is 378 g/mol. The Morgan fingerprint density at radius 2 is 1.89 bits per heavy atom. The summed E-state index contributed by atoms with van der Waals surface area (Å²) in [7, 11) is 1.78. The van der Waals surface area contributed by atoms with Crippen molar-refractivity contribution in [2.24, 2.45) is 0 Å². The zero-order valence-electron chi connectivity index (χ0n) is 15.0. The van der Waals surface area contributed by atoms with Crippen molar-refractivity contribution in [3.05, 3.63) is 53.1 Å². The number of hydrogen-bond acceptors (Lipinski definition) is 4. The molecule has 0 heterocycles. The first-order valence-corrected chi connectivity index (χ1v) is 8.69. The van der Waals surface area contributed by atoms with Gasteiger partial charge in [0.2, 0.25) is 5.91 Å². The third-order valence-corrected chi connectivity index (χ3v) is 3.77. The summed E-state index contributed by atoms with van der Waals surface area (Å²) >= 11 is 5.82. The number of nitrogens with zero attached hydrogens (tertiary/aromatic N) is 1. The van der Waals surface area contributed by atoms with Crippen molar-refractivity contribution < 1.29 is 23.0 Å². The fourth-order valence-corrected chi connectivity index (χ4v) is 2.58. The lowest BCUT2D eigenvalue weighted by molar-refractivity contribution is -0.117. The number of alkyl halides is 2. The lowest BCUT2D eigenvalue weighted by Gasteiger charge is -2.18. The fourth-order valence-electron chi connectivity index (χ4n) is 2.46. The highest BCUT2D eigenvalue weighted by Crippen LogP contribution is 2.30. The van der Waals surface area contributed by atoms with Gasteiger partial charge in [0.1, 0.15) is 0 Å².